The SMILES string of the molecule is N=C/C(=C\CCc1cccnc1)c1cc(Cl)c2c(c1)CN(Cc1ccc(Cl)cc1)C2=O. The molecule has 1 aromatic heterocycles. The third kappa shape index (κ3) is 4.87. The summed E-state index contributed by atoms with van der Waals surface area (Å²) in [5.74, 6) is -0.0709. The largest absolute Gasteiger partial charge is 0.330 e. The third-order valence-electron chi connectivity index (χ3n) is 5.33. The van der Waals surface area contributed by atoms with Gasteiger partial charge in [-0.15, -0.1) is 0 Å². The molecule has 0 radical (unpaired) electrons. The number of hydrogen-bond donors (Lipinski definition) is 1. The highest BCUT2D eigenvalue weighted by Gasteiger charge is 2.30. The molecule has 6 heteroatoms. The van der Waals surface area contributed by atoms with E-state index in [1.807, 2.05) is 54.7 Å². The van der Waals surface area contributed by atoms with Gasteiger partial charge < -0.3 is 10.3 Å². The summed E-state index contributed by atoms with van der Waals surface area (Å²) in [7, 11) is 0. The topological polar surface area (TPSA) is 57.1 Å². The molecule has 3 aromatic rings. The highest BCUT2D eigenvalue weighted by Crippen LogP contribution is 2.33. The van der Waals surface area contributed by atoms with Gasteiger partial charge in [0.25, 0.3) is 5.91 Å². The van der Waals surface area contributed by atoms with Gasteiger partial charge in [0.1, 0.15) is 0 Å². The van der Waals surface area contributed by atoms with Crippen molar-refractivity contribution in [1.82, 2.24) is 9.88 Å². The second-order valence-electron chi connectivity index (χ2n) is 7.48. The van der Waals surface area contributed by atoms with Crippen LogP contribution in [0.4, 0.5) is 0 Å². The van der Waals surface area contributed by atoms with Crippen LogP contribution in [-0.2, 0) is 19.5 Å². The molecule has 0 atom stereocenters. The second-order valence-corrected chi connectivity index (χ2v) is 8.33. The lowest BCUT2D eigenvalue weighted by Gasteiger charge is -2.15. The van der Waals surface area contributed by atoms with Gasteiger partial charge in [0, 0.05) is 36.7 Å². The number of hydrogen-bond acceptors (Lipinski definition) is 3. The fourth-order valence-corrected chi connectivity index (χ4v) is 4.21. The van der Waals surface area contributed by atoms with Gasteiger partial charge in [-0.1, -0.05) is 47.5 Å². The van der Waals surface area contributed by atoms with Crippen molar-refractivity contribution < 1.29 is 4.79 Å². The van der Waals surface area contributed by atoms with Crippen LogP contribution in [0.2, 0.25) is 10.0 Å². The number of carbonyl (C=O) groups is 1. The smallest absolute Gasteiger partial charge is 0.256 e. The van der Waals surface area contributed by atoms with Crippen LogP contribution in [0.25, 0.3) is 5.57 Å². The Morgan fingerprint density at radius 1 is 1.13 bits per heavy atom. The molecule has 0 fully saturated rings. The number of rotatable bonds is 7. The van der Waals surface area contributed by atoms with Crippen molar-refractivity contribution in [3.8, 4) is 0 Å². The molecule has 0 saturated carbocycles. The molecule has 1 amide bonds. The van der Waals surface area contributed by atoms with Crippen molar-refractivity contribution in [3.63, 3.8) is 0 Å². The molecule has 0 unspecified atom stereocenters. The van der Waals surface area contributed by atoms with Crippen LogP contribution in [-0.4, -0.2) is 22.0 Å². The van der Waals surface area contributed by atoms with Gasteiger partial charge in [-0.3, -0.25) is 9.78 Å². The van der Waals surface area contributed by atoms with E-state index >= 15 is 0 Å². The van der Waals surface area contributed by atoms with Crippen LogP contribution in [0.5, 0.6) is 0 Å². The molecule has 0 bridgehead atoms. The Hall–Kier alpha value is -2.95. The number of nitrogens with one attached hydrogen (secondary N) is 1. The zero-order chi connectivity index (χ0) is 21.8. The molecule has 0 spiro atoms. The maximum atomic E-state index is 12.9. The highest BCUT2D eigenvalue weighted by atomic mass is 35.5. The number of benzene rings is 2. The predicted molar refractivity (Wildman–Crippen MR) is 126 cm³/mol. The molecule has 2 heterocycles. The maximum absolute atomic E-state index is 12.9. The summed E-state index contributed by atoms with van der Waals surface area (Å²) in [6.07, 6.45) is 8.60. The van der Waals surface area contributed by atoms with Crippen LogP contribution in [0, 0.1) is 5.41 Å². The van der Waals surface area contributed by atoms with Crippen molar-refractivity contribution in [1.29, 1.82) is 5.41 Å². The summed E-state index contributed by atoms with van der Waals surface area (Å²) in [6, 6.07) is 15.2. The zero-order valence-electron chi connectivity index (χ0n) is 16.8. The van der Waals surface area contributed by atoms with Crippen molar-refractivity contribution in [2.75, 3.05) is 0 Å². The van der Waals surface area contributed by atoms with Gasteiger partial charge in [-0.25, -0.2) is 0 Å². The van der Waals surface area contributed by atoms with Crippen molar-refractivity contribution in [2.45, 2.75) is 25.9 Å². The van der Waals surface area contributed by atoms with Crippen molar-refractivity contribution in [2.24, 2.45) is 0 Å². The van der Waals surface area contributed by atoms with E-state index in [0.717, 1.165) is 40.7 Å². The first-order valence-corrected chi connectivity index (χ1v) is 10.8. The first kappa shape index (κ1) is 21.3. The zero-order valence-corrected chi connectivity index (χ0v) is 18.3. The van der Waals surface area contributed by atoms with Crippen molar-refractivity contribution in [3.05, 3.63) is 105 Å². The van der Waals surface area contributed by atoms with Gasteiger partial charge in [0.2, 0.25) is 0 Å². The van der Waals surface area contributed by atoms with Gasteiger partial charge in [0.05, 0.1) is 10.6 Å². The predicted octanol–water partition coefficient (Wildman–Crippen LogP) is 6.21. The maximum Gasteiger partial charge on any atom is 0.256 e. The summed E-state index contributed by atoms with van der Waals surface area (Å²) in [5, 5.41) is 8.95. The van der Waals surface area contributed by atoms with E-state index < -0.39 is 0 Å². The van der Waals surface area contributed by atoms with Gasteiger partial charge in [-0.2, -0.15) is 0 Å². The van der Waals surface area contributed by atoms with E-state index in [4.69, 9.17) is 28.6 Å². The van der Waals surface area contributed by atoms with Crippen LogP contribution < -0.4 is 0 Å². The lowest BCUT2D eigenvalue weighted by atomic mass is 9.99. The Morgan fingerprint density at radius 2 is 1.94 bits per heavy atom. The molecular formula is C25H21Cl2N3O. The normalized spacial score (nSPS) is 13.4. The summed E-state index contributed by atoms with van der Waals surface area (Å²) in [5.41, 5.74) is 5.25. The van der Waals surface area contributed by atoms with Crippen LogP contribution in [0.15, 0.2) is 67.0 Å². The molecule has 1 N–H and O–H groups in total. The molecule has 31 heavy (non-hydrogen) atoms. The Kier molecular flexibility index (Phi) is 6.50. The number of aromatic nitrogens is 1. The molecule has 0 aliphatic carbocycles. The van der Waals surface area contributed by atoms with Gasteiger partial charge in [-0.05, 0) is 71.0 Å². The summed E-state index contributed by atoms with van der Waals surface area (Å²) < 4.78 is 0. The molecule has 1 aliphatic heterocycles. The third-order valence-corrected chi connectivity index (χ3v) is 5.88. The summed E-state index contributed by atoms with van der Waals surface area (Å²) in [6.45, 7) is 0.986. The minimum Gasteiger partial charge on any atom is -0.330 e. The molecule has 2 aromatic carbocycles. The van der Waals surface area contributed by atoms with E-state index in [0.29, 0.717) is 28.7 Å². The molecule has 1 aliphatic rings. The van der Waals surface area contributed by atoms with Gasteiger partial charge >= 0.3 is 0 Å². The number of halogens is 2. The lowest BCUT2D eigenvalue weighted by Crippen LogP contribution is -2.23. The number of aryl methyl sites for hydroxylation is 1. The number of pyridine rings is 1. The summed E-state index contributed by atoms with van der Waals surface area (Å²) in [4.78, 5) is 18.8. The van der Waals surface area contributed by atoms with Crippen LogP contribution in [0.3, 0.4) is 0 Å². The fraction of sp³-hybridized carbons (Fsp3) is 0.160. The van der Waals surface area contributed by atoms with E-state index in [1.165, 1.54) is 6.21 Å². The fourth-order valence-electron chi connectivity index (χ4n) is 3.77. The molecule has 4 rings (SSSR count). The van der Waals surface area contributed by atoms with E-state index in [2.05, 4.69) is 4.98 Å². The minimum atomic E-state index is -0.0709. The van der Waals surface area contributed by atoms with E-state index in [1.54, 1.807) is 17.2 Å². The minimum absolute atomic E-state index is 0.0709. The van der Waals surface area contributed by atoms with Crippen LogP contribution in [0.1, 0.15) is 39.0 Å². The Balaban J connectivity index is 1.52. The lowest BCUT2D eigenvalue weighted by molar-refractivity contribution is 0.0767. The second kappa shape index (κ2) is 9.46. The number of carbonyl (C=O) groups excluding carboxylic acids is 1. The van der Waals surface area contributed by atoms with Crippen LogP contribution >= 0.6 is 23.2 Å². The van der Waals surface area contributed by atoms with Gasteiger partial charge in [0.15, 0.2) is 0 Å². The number of allylic oxidation sites excluding steroid dienone is 2. The molecular weight excluding hydrogens is 429 g/mol. The first-order valence-electron chi connectivity index (χ1n) is 10.0. The van der Waals surface area contributed by atoms with E-state index in [-0.39, 0.29) is 5.91 Å². The molecule has 4 nitrogen and oxygen atoms in total. The number of nitrogens with zero attached hydrogens (tertiary/aromatic N) is 2. The monoisotopic (exact) mass is 449 g/mol. The average molecular weight is 450 g/mol. The Morgan fingerprint density at radius 3 is 2.65 bits per heavy atom. The van der Waals surface area contributed by atoms with E-state index in [9.17, 15) is 4.79 Å². The van der Waals surface area contributed by atoms with Crippen molar-refractivity contribution >= 4 is 40.9 Å². The average Bonchev–Trinajstić information content (AvgIpc) is 3.09. The number of fused-ring (bicyclic) bond motifs is 1. The number of amides is 1. The Labute approximate surface area is 191 Å². The molecule has 0 saturated heterocycles. The molecule has 156 valence electrons. The first-order chi connectivity index (χ1) is 15.0. The standard InChI is InChI=1S/C25H21Cl2N3O/c26-22-8-6-18(7-9-22)15-30-16-21-11-20(12-23(27)24(21)25(30)31)19(13-28)5-1-3-17-4-2-10-29-14-17/h2,4-14,28H,1,3,15-16H2/b19-5+,28-13?. The Bertz CT molecular complexity index is 1140. The quantitative estimate of drug-likeness (QED) is 0.435. The summed E-state index contributed by atoms with van der Waals surface area (Å²) >= 11 is 12.5. The highest BCUT2D eigenvalue weighted by molar-refractivity contribution is 6.34.